The first-order valence-corrected chi connectivity index (χ1v) is 8.96. The molecule has 1 amide bonds. The van der Waals surface area contributed by atoms with Gasteiger partial charge in [0.25, 0.3) is 5.91 Å². The van der Waals surface area contributed by atoms with Gasteiger partial charge in [0, 0.05) is 25.2 Å². The number of rotatable bonds is 5. The van der Waals surface area contributed by atoms with Crippen molar-refractivity contribution in [1.29, 1.82) is 0 Å². The van der Waals surface area contributed by atoms with E-state index < -0.39 is 0 Å². The normalized spacial score (nSPS) is 16.2. The zero-order valence-corrected chi connectivity index (χ0v) is 15.4. The maximum Gasteiger partial charge on any atom is 0.257 e. The van der Waals surface area contributed by atoms with Gasteiger partial charge < -0.3 is 20.1 Å². The molecule has 0 spiro atoms. The number of methoxy groups -OCH3 is 2. The minimum atomic E-state index is -0.00349. The lowest BCUT2D eigenvalue weighted by Crippen LogP contribution is -2.41. The summed E-state index contributed by atoms with van der Waals surface area (Å²) in [6.07, 6.45) is 1.81. The second-order valence-corrected chi connectivity index (χ2v) is 6.63. The van der Waals surface area contributed by atoms with E-state index in [9.17, 15) is 4.79 Å². The molecule has 1 saturated heterocycles. The van der Waals surface area contributed by atoms with Crippen LogP contribution in [0.25, 0.3) is 0 Å². The molecule has 1 fully saturated rings. The molecule has 3 rings (SSSR count). The lowest BCUT2D eigenvalue weighted by atomic mass is 9.86. The van der Waals surface area contributed by atoms with Crippen LogP contribution in [-0.4, -0.2) is 38.1 Å². The number of piperidine rings is 1. The van der Waals surface area contributed by atoms with Crippen molar-refractivity contribution in [3.05, 3.63) is 59.7 Å². The second kappa shape index (κ2) is 8.23. The number of benzene rings is 2. The van der Waals surface area contributed by atoms with Crippen molar-refractivity contribution < 1.29 is 14.3 Å². The smallest absolute Gasteiger partial charge is 0.257 e. The number of hydrogen-bond acceptors (Lipinski definition) is 4. The second-order valence-electron chi connectivity index (χ2n) is 6.63. The van der Waals surface area contributed by atoms with Crippen molar-refractivity contribution in [3.63, 3.8) is 0 Å². The molecule has 0 radical (unpaired) electrons. The summed E-state index contributed by atoms with van der Waals surface area (Å²) in [5.74, 6) is 1.60. The third-order valence-corrected chi connectivity index (χ3v) is 5.16. The fourth-order valence-electron chi connectivity index (χ4n) is 3.55. The Balaban J connectivity index is 1.65. The molecular formula is C21H26N2O3. The van der Waals surface area contributed by atoms with Crippen molar-refractivity contribution >= 4 is 5.91 Å². The number of likely N-dealkylation sites (tertiary alicyclic amines) is 1. The molecule has 1 aliphatic heterocycles. The Morgan fingerprint density at radius 1 is 1.08 bits per heavy atom. The van der Waals surface area contributed by atoms with Gasteiger partial charge in [0.15, 0.2) is 0 Å². The largest absolute Gasteiger partial charge is 0.497 e. The molecule has 1 unspecified atom stereocenters. The van der Waals surface area contributed by atoms with Gasteiger partial charge in [-0.3, -0.25) is 4.79 Å². The molecule has 0 bridgehead atoms. The van der Waals surface area contributed by atoms with Crippen LogP contribution in [0.5, 0.6) is 11.5 Å². The van der Waals surface area contributed by atoms with E-state index in [1.807, 2.05) is 23.1 Å². The average Bonchev–Trinajstić information content (AvgIpc) is 2.73. The van der Waals surface area contributed by atoms with Gasteiger partial charge in [-0.2, -0.15) is 0 Å². The minimum Gasteiger partial charge on any atom is -0.497 e. The lowest BCUT2D eigenvalue weighted by molar-refractivity contribution is 0.0675. The van der Waals surface area contributed by atoms with E-state index in [0.29, 0.717) is 36.1 Å². The number of ether oxygens (including phenoxy) is 2. The molecule has 0 aliphatic carbocycles. The molecule has 2 aromatic rings. The third kappa shape index (κ3) is 3.83. The topological polar surface area (TPSA) is 64.8 Å². The van der Waals surface area contributed by atoms with Crippen LogP contribution in [0.1, 0.15) is 34.8 Å². The van der Waals surface area contributed by atoms with E-state index in [1.54, 1.807) is 32.4 Å². The van der Waals surface area contributed by atoms with Crippen LogP contribution < -0.4 is 15.2 Å². The van der Waals surface area contributed by atoms with Crippen LogP contribution >= 0.6 is 0 Å². The van der Waals surface area contributed by atoms with E-state index >= 15 is 0 Å². The Labute approximate surface area is 154 Å². The molecule has 5 nitrogen and oxygen atoms in total. The molecule has 1 aliphatic rings. The highest BCUT2D eigenvalue weighted by molar-refractivity contribution is 5.97. The molecular weight excluding hydrogens is 328 g/mol. The summed E-state index contributed by atoms with van der Waals surface area (Å²) in [6, 6.07) is 15.5. The quantitative estimate of drug-likeness (QED) is 0.895. The molecule has 138 valence electrons. The molecule has 0 aromatic heterocycles. The van der Waals surface area contributed by atoms with Crippen LogP contribution in [0, 0.1) is 5.92 Å². The summed E-state index contributed by atoms with van der Waals surface area (Å²) in [7, 11) is 3.16. The molecule has 26 heavy (non-hydrogen) atoms. The van der Waals surface area contributed by atoms with Crippen molar-refractivity contribution in [2.45, 2.75) is 18.9 Å². The zero-order chi connectivity index (χ0) is 18.5. The van der Waals surface area contributed by atoms with Gasteiger partial charge >= 0.3 is 0 Å². The fourth-order valence-corrected chi connectivity index (χ4v) is 3.55. The van der Waals surface area contributed by atoms with E-state index in [1.165, 1.54) is 0 Å². The van der Waals surface area contributed by atoms with E-state index in [2.05, 4.69) is 12.1 Å². The van der Waals surface area contributed by atoms with Crippen LogP contribution in [0.4, 0.5) is 0 Å². The summed E-state index contributed by atoms with van der Waals surface area (Å²) in [6.45, 7) is 1.42. The van der Waals surface area contributed by atoms with Gasteiger partial charge in [0.1, 0.15) is 11.5 Å². The minimum absolute atomic E-state index is 0.00349. The average molecular weight is 354 g/mol. The van der Waals surface area contributed by atoms with Crippen LogP contribution in [0.15, 0.2) is 48.5 Å². The number of nitrogens with zero attached hydrogens (tertiary/aromatic N) is 1. The van der Waals surface area contributed by atoms with Gasteiger partial charge in [-0.25, -0.2) is 0 Å². The summed E-state index contributed by atoms with van der Waals surface area (Å²) < 4.78 is 10.6. The number of carbonyl (C=O) groups excluding carboxylic acids is 1. The summed E-state index contributed by atoms with van der Waals surface area (Å²) in [4.78, 5) is 14.8. The molecule has 2 N–H and O–H groups in total. The standard InChI is InChI=1S/C21H26N2O3/c1-25-17-8-9-18(19(14-17)26-2)21(24)23-12-10-16(11-13-23)20(22)15-6-4-3-5-7-15/h3-9,14,16,20H,10-13,22H2,1-2H3. The SMILES string of the molecule is COc1ccc(C(=O)N2CCC(C(N)c3ccccc3)CC2)c(OC)c1. The van der Waals surface area contributed by atoms with Crippen molar-refractivity contribution in [3.8, 4) is 11.5 Å². The zero-order valence-electron chi connectivity index (χ0n) is 15.4. The van der Waals surface area contributed by atoms with Crippen molar-refractivity contribution in [1.82, 2.24) is 4.90 Å². The number of amides is 1. The highest BCUT2D eigenvalue weighted by Gasteiger charge is 2.29. The Morgan fingerprint density at radius 2 is 1.77 bits per heavy atom. The molecule has 5 heteroatoms. The summed E-state index contributed by atoms with van der Waals surface area (Å²) in [5.41, 5.74) is 8.17. The van der Waals surface area contributed by atoms with E-state index in [0.717, 1.165) is 18.4 Å². The van der Waals surface area contributed by atoms with Gasteiger partial charge in [-0.05, 0) is 36.5 Å². The Bertz CT molecular complexity index is 740. The number of carbonyl (C=O) groups is 1. The first-order chi connectivity index (χ1) is 12.6. The third-order valence-electron chi connectivity index (χ3n) is 5.16. The first kappa shape index (κ1) is 18.3. The van der Waals surface area contributed by atoms with Crippen LogP contribution in [-0.2, 0) is 0 Å². The van der Waals surface area contributed by atoms with Crippen molar-refractivity contribution in [2.75, 3.05) is 27.3 Å². The highest BCUT2D eigenvalue weighted by atomic mass is 16.5. The number of nitrogens with two attached hydrogens (primary N) is 1. The van der Waals surface area contributed by atoms with Gasteiger partial charge in [0.2, 0.25) is 0 Å². The van der Waals surface area contributed by atoms with Gasteiger partial charge in [-0.1, -0.05) is 30.3 Å². The molecule has 0 saturated carbocycles. The van der Waals surface area contributed by atoms with Crippen LogP contribution in [0.2, 0.25) is 0 Å². The van der Waals surface area contributed by atoms with Crippen LogP contribution in [0.3, 0.4) is 0 Å². The first-order valence-electron chi connectivity index (χ1n) is 8.96. The Morgan fingerprint density at radius 3 is 2.38 bits per heavy atom. The van der Waals surface area contributed by atoms with Crippen molar-refractivity contribution in [2.24, 2.45) is 11.7 Å². The Hall–Kier alpha value is -2.53. The maximum absolute atomic E-state index is 12.9. The van der Waals surface area contributed by atoms with Gasteiger partial charge in [0.05, 0.1) is 19.8 Å². The monoisotopic (exact) mass is 354 g/mol. The lowest BCUT2D eigenvalue weighted by Gasteiger charge is -2.35. The van der Waals surface area contributed by atoms with E-state index in [4.69, 9.17) is 15.2 Å². The molecule has 2 aromatic carbocycles. The highest BCUT2D eigenvalue weighted by Crippen LogP contribution is 2.31. The number of hydrogen-bond donors (Lipinski definition) is 1. The molecule has 1 heterocycles. The maximum atomic E-state index is 12.9. The summed E-state index contributed by atoms with van der Waals surface area (Å²) >= 11 is 0. The fraction of sp³-hybridized carbons (Fsp3) is 0.381. The Kier molecular flexibility index (Phi) is 5.78. The molecule has 1 atom stereocenters. The van der Waals surface area contributed by atoms with E-state index in [-0.39, 0.29) is 11.9 Å². The van der Waals surface area contributed by atoms with Gasteiger partial charge in [-0.15, -0.1) is 0 Å². The summed E-state index contributed by atoms with van der Waals surface area (Å²) in [5, 5.41) is 0. The predicted molar refractivity (Wildman–Crippen MR) is 102 cm³/mol. The predicted octanol–water partition coefficient (Wildman–Crippen LogP) is 3.26.